The van der Waals surface area contributed by atoms with E-state index in [4.69, 9.17) is 4.74 Å². The monoisotopic (exact) mass is 233 g/mol. The molecule has 0 bridgehead atoms. The minimum absolute atomic E-state index is 0.0551. The van der Waals surface area contributed by atoms with Crippen LogP contribution in [-0.4, -0.2) is 30.6 Å². The standard InChI is InChI=1S/C14H19NO2/c1-11-5-3-6-12(9-11)10-15-8-4-7-13(15)14(16)17-2/h3,5-6,9,13H,4,7-8,10H2,1-2H3. The molecule has 0 amide bonds. The van der Waals surface area contributed by atoms with Gasteiger partial charge >= 0.3 is 5.97 Å². The molecule has 0 aliphatic carbocycles. The second kappa shape index (κ2) is 5.32. The lowest BCUT2D eigenvalue weighted by molar-refractivity contribution is -0.146. The van der Waals surface area contributed by atoms with Crippen LogP contribution in [0.5, 0.6) is 0 Å². The van der Waals surface area contributed by atoms with E-state index in [0.29, 0.717) is 0 Å². The van der Waals surface area contributed by atoms with Crippen molar-refractivity contribution in [1.29, 1.82) is 0 Å². The van der Waals surface area contributed by atoms with Gasteiger partial charge in [-0.05, 0) is 31.9 Å². The summed E-state index contributed by atoms with van der Waals surface area (Å²) in [5.74, 6) is -0.102. The Morgan fingerprint density at radius 2 is 2.35 bits per heavy atom. The molecule has 0 radical (unpaired) electrons. The van der Waals surface area contributed by atoms with Gasteiger partial charge in [0.25, 0.3) is 0 Å². The van der Waals surface area contributed by atoms with E-state index in [1.54, 1.807) is 0 Å². The Balaban J connectivity index is 2.05. The number of rotatable bonds is 3. The largest absolute Gasteiger partial charge is 0.468 e. The quantitative estimate of drug-likeness (QED) is 0.749. The maximum absolute atomic E-state index is 11.6. The molecule has 2 rings (SSSR count). The number of benzene rings is 1. The van der Waals surface area contributed by atoms with Gasteiger partial charge in [0.05, 0.1) is 7.11 Å². The smallest absolute Gasteiger partial charge is 0.323 e. The Morgan fingerprint density at radius 1 is 1.53 bits per heavy atom. The zero-order valence-corrected chi connectivity index (χ0v) is 10.5. The number of ether oxygens (including phenoxy) is 1. The molecule has 1 unspecified atom stereocenters. The summed E-state index contributed by atoms with van der Waals surface area (Å²) in [5, 5.41) is 0. The summed E-state index contributed by atoms with van der Waals surface area (Å²) in [6, 6.07) is 8.38. The van der Waals surface area contributed by atoms with Crippen LogP contribution >= 0.6 is 0 Å². The van der Waals surface area contributed by atoms with Crippen LogP contribution in [0, 0.1) is 6.92 Å². The highest BCUT2D eigenvalue weighted by Gasteiger charge is 2.31. The van der Waals surface area contributed by atoms with Crippen LogP contribution in [0.2, 0.25) is 0 Å². The van der Waals surface area contributed by atoms with E-state index in [1.807, 2.05) is 0 Å². The molecule has 1 heterocycles. The van der Waals surface area contributed by atoms with Gasteiger partial charge in [-0.1, -0.05) is 29.8 Å². The van der Waals surface area contributed by atoms with Crippen molar-refractivity contribution in [3.63, 3.8) is 0 Å². The van der Waals surface area contributed by atoms with Crippen molar-refractivity contribution in [1.82, 2.24) is 4.90 Å². The van der Waals surface area contributed by atoms with Crippen molar-refractivity contribution in [2.24, 2.45) is 0 Å². The van der Waals surface area contributed by atoms with Gasteiger partial charge in [0.2, 0.25) is 0 Å². The van der Waals surface area contributed by atoms with Crippen LogP contribution in [0.25, 0.3) is 0 Å². The van der Waals surface area contributed by atoms with Crippen molar-refractivity contribution >= 4 is 5.97 Å². The highest BCUT2D eigenvalue weighted by atomic mass is 16.5. The second-order valence-electron chi connectivity index (χ2n) is 4.64. The highest BCUT2D eigenvalue weighted by Crippen LogP contribution is 2.21. The fourth-order valence-corrected chi connectivity index (χ4v) is 2.46. The van der Waals surface area contributed by atoms with Crippen LogP contribution in [0.4, 0.5) is 0 Å². The molecule has 0 saturated carbocycles. The van der Waals surface area contributed by atoms with E-state index in [0.717, 1.165) is 25.9 Å². The zero-order chi connectivity index (χ0) is 12.3. The fraction of sp³-hybridized carbons (Fsp3) is 0.500. The number of likely N-dealkylation sites (tertiary alicyclic amines) is 1. The molecule has 1 aromatic rings. The number of hydrogen-bond donors (Lipinski definition) is 0. The Morgan fingerprint density at radius 3 is 3.06 bits per heavy atom. The van der Waals surface area contributed by atoms with Crippen molar-refractivity contribution in [3.8, 4) is 0 Å². The number of esters is 1. The first-order valence-corrected chi connectivity index (χ1v) is 6.08. The molecule has 17 heavy (non-hydrogen) atoms. The first kappa shape index (κ1) is 12.1. The van der Waals surface area contributed by atoms with Gasteiger partial charge in [0, 0.05) is 6.54 Å². The number of carbonyl (C=O) groups excluding carboxylic acids is 1. The first-order chi connectivity index (χ1) is 8.20. The van der Waals surface area contributed by atoms with E-state index in [-0.39, 0.29) is 12.0 Å². The predicted molar refractivity (Wildman–Crippen MR) is 66.6 cm³/mol. The number of carbonyl (C=O) groups is 1. The van der Waals surface area contributed by atoms with Crippen LogP contribution in [0.3, 0.4) is 0 Å². The van der Waals surface area contributed by atoms with Crippen molar-refractivity contribution in [2.45, 2.75) is 32.4 Å². The molecule has 0 spiro atoms. The topological polar surface area (TPSA) is 29.5 Å². The lowest BCUT2D eigenvalue weighted by atomic mass is 10.1. The predicted octanol–water partition coefficient (Wildman–Crippen LogP) is 2.13. The third-order valence-electron chi connectivity index (χ3n) is 3.31. The van der Waals surface area contributed by atoms with E-state index < -0.39 is 0 Å². The summed E-state index contributed by atoms with van der Waals surface area (Å²) in [6.07, 6.45) is 1.99. The third kappa shape index (κ3) is 2.86. The van der Waals surface area contributed by atoms with Crippen LogP contribution < -0.4 is 0 Å². The van der Waals surface area contributed by atoms with Crippen LogP contribution in [-0.2, 0) is 16.1 Å². The summed E-state index contributed by atoms with van der Waals surface area (Å²) in [4.78, 5) is 13.8. The zero-order valence-electron chi connectivity index (χ0n) is 10.5. The normalized spacial score (nSPS) is 20.5. The summed E-state index contributed by atoms with van der Waals surface area (Å²) in [5.41, 5.74) is 2.53. The Hall–Kier alpha value is -1.35. The molecule has 1 aromatic carbocycles. The van der Waals surface area contributed by atoms with Crippen molar-refractivity contribution < 1.29 is 9.53 Å². The summed E-state index contributed by atoms with van der Waals surface area (Å²) in [7, 11) is 1.46. The van der Waals surface area contributed by atoms with Crippen molar-refractivity contribution in [3.05, 3.63) is 35.4 Å². The summed E-state index contributed by atoms with van der Waals surface area (Å²) in [6.45, 7) is 3.90. The van der Waals surface area contributed by atoms with Gasteiger partial charge in [-0.2, -0.15) is 0 Å². The number of methoxy groups -OCH3 is 1. The van der Waals surface area contributed by atoms with Crippen molar-refractivity contribution in [2.75, 3.05) is 13.7 Å². The molecule has 1 aliphatic heterocycles. The fourth-order valence-electron chi connectivity index (χ4n) is 2.46. The lowest BCUT2D eigenvalue weighted by Crippen LogP contribution is -2.36. The minimum Gasteiger partial charge on any atom is -0.468 e. The van der Waals surface area contributed by atoms with Gasteiger partial charge in [-0.3, -0.25) is 9.69 Å². The summed E-state index contributed by atoms with van der Waals surface area (Å²) >= 11 is 0. The van der Waals surface area contributed by atoms with Crippen LogP contribution in [0.1, 0.15) is 24.0 Å². The van der Waals surface area contributed by atoms with Crippen LogP contribution in [0.15, 0.2) is 24.3 Å². The van der Waals surface area contributed by atoms with Gasteiger partial charge in [-0.25, -0.2) is 0 Å². The summed E-state index contributed by atoms with van der Waals surface area (Å²) < 4.78 is 4.85. The molecule has 0 aromatic heterocycles. The van der Waals surface area contributed by atoms with Gasteiger partial charge in [0.15, 0.2) is 0 Å². The Bertz CT molecular complexity index is 403. The first-order valence-electron chi connectivity index (χ1n) is 6.08. The molecule has 1 fully saturated rings. The molecule has 1 saturated heterocycles. The minimum atomic E-state index is -0.102. The molecule has 1 atom stereocenters. The van der Waals surface area contributed by atoms with E-state index in [1.165, 1.54) is 18.2 Å². The number of hydrogen-bond acceptors (Lipinski definition) is 3. The molecular formula is C14H19NO2. The second-order valence-corrected chi connectivity index (χ2v) is 4.64. The maximum Gasteiger partial charge on any atom is 0.323 e. The molecule has 1 aliphatic rings. The Labute approximate surface area is 102 Å². The van der Waals surface area contributed by atoms with Gasteiger partial charge in [-0.15, -0.1) is 0 Å². The van der Waals surface area contributed by atoms with E-state index in [2.05, 4.69) is 36.1 Å². The average molecular weight is 233 g/mol. The molecule has 3 nitrogen and oxygen atoms in total. The number of aryl methyl sites for hydroxylation is 1. The highest BCUT2D eigenvalue weighted by molar-refractivity contribution is 5.75. The Kier molecular flexibility index (Phi) is 3.79. The third-order valence-corrected chi connectivity index (χ3v) is 3.31. The number of nitrogens with zero attached hydrogens (tertiary/aromatic N) is 1. The SMILES string of the molecule is COC(=O)C1CCCN1Cc1cccc(C)c1. The van der Waals surface area contributed by atoms with E-state index in [9.17, 15) is 4.79 Å². The lowest BCUT2D eigenvalue weighted by Gasteiger charge is -2.22. The van der Waals surface area contributed by atoms with E-state index >= 15 is 0 Å². The van der Waals surface area contributed by atoms with Gasteiger partial charge < -0.3 is 4.74 Å². The average Bonchev–Trinajstić information content (AvgIpc) is 2.76. The molecule has 0 N–H and O–H groups in total. The maximum atomic E-state index is 11.6. The molecular weight excluding hydrogens is 214 g/mol. The molecule has 92 valence electrons. The molecule has 3 heteroatoms. The van der Waals surface area contributed by atoms with Gasteiger partial charge in [0.1, 0.15) is 6.04 Å².